The van der Waals surface area contributed by atoms with Crippen molar-refractivity contribution in [1.29, 1.82) is 0 Å². The number of nitrogens with one attached hydrogen (secondary N) is 2. The third kappa shape index (κ3) is 5.79. The van der Waals surface area contributed by atoms with Gasteiger partial charge in [-0.25, -0.2) is 13.6 Å². The minimum Gasteiger partial charge on any atom is -0.381 e. The zero-order valence-corrected chi connectivity index (χ0v) is 17.6. The Hall–Kier alpha value is -2.46. The van der Waals surface area contributed by atoms with E-state index in [1.165, 1.54) is 18.2 Å². The second kappa shape index (κ2) is 9.57. The molecule has 1 heterocycles. The van der Waals surface area contributed by atoms with Crippen LogP contribution in [0.2, 0.25) is 5.02 Å². The lowest BCUT2D eigenvalue weighted by Gasteiger charge is -2.13. The summed E-state index contributed by atoms with van der Waals surface area (Å²) in [5.41, 5.74) is 0.757. The van der Waals surface area contributed by atoms with Gasteiger partial charge in [0.25, 0.3) is 5.91 Å². The number of amides is 2. The normalized spacial score (nSPS) is 16.3. The van der Waals surface area contributed by atoms with Gasteiger partial charge in [0.15, 0.2) is 0 Å². The fraction of sp³-hybridized carbons (Fsp3) is 0.300. The molecule has 0 bridgehead atoms. The monoisotopic (exact) mass is 451 g/mol. The largest absolute Gasteiger partial charge is 0.381 e. The van der Waals surface area contributed by atoms with Gasteiger partial charge in [-0.15, -0.1) is 0 Å². The highest BCUT2D eigenvalue weighted by atomic mass is 35.5. The Balaban J connectivity index is 1.74. The standard InChI is InChI=1S/C20H22ClN3O5S/c21-17-4-2-1-3-14(17)9-19(25)24-15-5-6-16(18(10-15)30(22,27)28)20(26)23-11-13-7-8-29-12-13/h1-6,10,13H,7-9,11-12H2,(H,23,26)(H,24,25)(H2,22,27,28). The molecule has 0 saturated carbocycles. The summed E-state index contributed by atoms with van der Waals surface area (Å²) in [6, 6.07) is 10.9. The van der Waals surface area contributed by atoms with Crippen LogP contribution in [-0.2, 0) is 26.0 Å². The lowest BCUT2D eigenvalue weighted by Crippen LogP contribution is -2.31. The molecule has 2 aromatic rings. The van der Waals surface area contributed by atoms with Crippen LogP contribution in [0.4, 0.5) is 5.69 Å². The molecule has 30 heavy (non-hydrogen) atoms. The van der Waals surface area contributed by atoms with Crippen LogP contribution in [0, 0.1) is 5.92 Å². The first-order valence-corrected chi connectivity index (χ1v) is 11.2. The molecular weight excluding hydrogens is 430 g/mol. The lowest BCUT2D eigenvalue weighted by molar-refractivity contribution is -0.115. The Morgan fingerprint density at radius 1 is 1.20 bits per heavy atom. The average Bonchev–Trinajstić information content (AvgIpc) is 3.21. The van der Waals surface area contributed by atoms with Crippen molar-refractivity contribution in [2.24, 2.45) is 11.1 Å². The van der Waals surface area contributed by atoms with Gasteiger partial charge in [0.2, 0.25) is 15.9 Å². The van der Waals surface area contributed by atoms with Gasteiger partial charge in [0.05, 0.1) is 23.5 Å². The number of ether oxygens (including phenoxy) is 1. The van der Waals surface area contributed by atoms with Crippen LogP contribution >= 0.6 is 11.6 Å². The first kappa shape index (κ1) is 22.2. The van der Waals surface area contributed by atoms with Gasteiger partial charge < -0.3 is 15.4 Å². The summed E-state index contributed by atoms with van der Waals surface area (Å²) < 4.78 is 29.3. The van der Waals surface area contributed by atoms with E-state index in [9.17, 15) is 18.0 Å². The quantitative estimate of drug-likeness (QED) is 0.592. The van der Waals surface area contributed by atoms with Gasteiger partial charge in [-0.2, -0.15) is 0 Å². The number of halogens is 1. The molecule has 2 aromatic carbocycles. The number of nitrogens with two attached hydrogens (primary N) is 1. The fourth-order valence-electron chi connectivity index (χ4n) is 3.12. The van der Waals surface area contributed by atoms with Crippen molar-refractivity contribution in [3.05, 3.63) is 58.6 Å². The summed E-state index contributed by atoms with van der Waals surface area (Å²) in [4.78, 5) is 24.5. The van der Waals surface area contributed by atoms with E-state index in [4.69, 9.17) is 21.5 Å². The van der Waals surface area contributed by atoms with Crippen molar-refractivity contribution in [2.75, 3.05) is 25.1 Å². The molecule has 2 amide bonds. The summed E-state index contributed by atoms with van der Waals surface area (Å²) >= 11 is 6.06. The van der Waals surface area contributed by atoms with Crippen molar-refractivity contribution in [3.63, 3.8) is 0 Å². The Kier molecular flexibility index (Phi) is 7.09. The third-order valence-electron chi connectivity index (χ3n) is 4.70. The third-order valence-corrected chi connectivity index (χ3v) is 6.02. The SMILES string of the molecule is NS(=O)(=O)c1cc(NC(=O)Cc2ccccc2Cl)ccc1C(=O)NCC1CCOC1. The maximum Gasteiger partial charge on any atom is 0.252 e. The van der Waals surface area contributed by atoms with Crippen LogP contribution in [0.1, 0.15) is 22.3 Å². The molecule has 8 nitrogen and oxygen atoms in total. The van der Waals surface area contributed by atoms with Gasteiger partial charge in [0.1, 0.15) is 0 Å². The number of hydrogen-bond donors (Lipinski definition) is 3. The van der Waals surface area contributed by atoms with Crippen LogP contribution in [-0.4, -0.2) is 40.0 Å². The molecule has 160 valence electrons. The number of anilines is 1. The van der Waals surface area contributed by atoms with Gasteiger partial charge in [0, 0.05) is 29.8 Å². The fourth-order valence-corrected chi connectivity index (χ4v) is 4.08. The maximum absolute atomic E-state index is 12.5. The molecule has 0 aliphatic carbocycles. The molecule has 1 aliphatic rings. The highest BCUT2D eigenvalue weighted by Crippen LogP contribution is 2.22. The predicted molar refractivity (Wildman–Crippen MR) is 113 cm³/mol. The van der Waals surface area contributed by atoms with Crippen LogP contribution in [0.15, 0.2) is 47.4 Å². The average molecular weight is 452 g/mol. The topological polar surface area (TPSA) is 128 Å². The van der Waals surface area contributed by atoms with E-state index in [0.29, 0.717) is 30.3 Å². The molecule has 4 N–H and O–H groups in total. The van der Waals surface area contributed by atoms with Crippen LogP contribution < -0.4 is 15.8 Å². The van der Waals surface area contributed by atoms with E-state index >= 15 is 0 Å². The predicted octanol–water partition coefficient (Wildman–Crippen LogP) is 1.93. The summed E-state index contributed by atoms with van der Waals surface area (Å²) in [5.74, 6) is -0.753. The number of carbonyl (C=O) groups excluding carboxylic acids is 2. The van der Waals surface area contributed by atoms with E-state index in [-0.39, 0.29) is 34.4 Å². The van der Waals surface area contributed by atoms with E-state index in [1.54, 1.807) is 24.3 Å². The first-order chi connectivity index (χ1) is 14.2. The second-order valence-electron chi connectivity index (χ2n) is 7.01. The van der Waals surface area contributed by atoms with Crippen molar-refractivity contribution in [3.8, 4) is 0 Å². The number of primary sulfonamides is 1. The highest BCUT2D eigenvalue weighted by Gasteiger charge is 2.22. The molecule has 1 atom stereocenters. The molecule has 0 radical (unpaired) electrons. The van der Waals surface area contributed by atoms with E-state index < -0.39 is 15.9 Å². The Morgan fingerprint density at radius 3 is 2.63 bits per heavy atom. The molecule has 1 saturated heterocycles. The van der Waals surface area contributed by atoms with E-state index in [1.807, 2.05) is 0 Å². The number of sulfonamides is 1. The summed E-state index contributed by atoms with van der Waals surface area (Å²) in [6.07, 6.45) is 0.842. The molecule has 0 aromatic heterocycles. The van der Waals surface area contributed by atoms with Gasteiger partial charge >= 0.3 is 0 Å². The number of rotatable bonds is 7. The number of hydrogen-bond acceptors (Lipinski definition) is 5. The van der Waals surface area contributed by atoms with Crippen molar-refractivity contribution < 1.29 is 22.7 Å². The minimum atomic E-state index is -4.20. The minimum absolute atomic E-state index is 0.01000. The van der Waals surface area contributed by atoms with E-state index in [0.717, 1.165) is 6.42 Å². The summed E-state index contributed by atoms with van der Waals surface area (Å²) in [6.45, 7) is 1.57. The number of carbonyl (C=O) groups is 2. The van der Waals surface area contributed by atoms with Crippen LogP contribution in [0.25, 0.3) is 0 Å². The van der Waals surface area contributed by atoms with Gasteiger partial charge in [-0.1, -0.05) is 29.8 Å². The van der Waals surface area contributed by atoms with Crippen molar-refractivity contribution in [2.45, 2.75) is 17.7 Å². The molecule has 0 spiro atoms. The second-order valence-corrected chi connectivity index (χ2v) is 8.95. The Morgan fingerprint density at radius 2 is 1.97 bits per heavy atom. The van der Waals surface area contributed by atoms with Crippen molar-refractivity contribution >= 4 is 39.1 Å². The smallest absolute Gasteiger partial charge is 0.252 e. The zero-order valence-electron chi connectivity index (χ0n) is 16.1. The lowest BCUT2D eigenvalue weighted by atomic mass is 10.1. The van der Waals surface area contributed by atoms with Gasteiger partial charge in [-0.3, -0.25) is 9.59 Å². The van der Waals surface area contributed by atoms with Crippen LogP contribution in [0.5, 0.6) is 0 Å². The van der Waals surface area contributed by atoms with Crippen LogP contribution in [0.3, 0.4) is 0 Å². The summed E-state index contributed by atoms with van der Waals surface area (Å²) in [7, 11) is -4.20. The molecule has 1 unspecified atom stereocenters. The number of benzene rings is 2. The molecule has 1 fully saturated rings. The molecular formula is C20H22ClN3O5S. The summed E-state index contributed by atoms with van der Waals surface area (Å²) in [5, 5.41) is 11.1. The zero-order chi connectivity index (χ0) is 21.7. The molecule has 1 aliphatic heterocycles. The maximum atomic E-state index is 12.5. The van der Waals surface area contributed by atoms with Gasteiger partial charge in [-0.05, 0) is 36.2 Å². The Labute approximate surface area is 179 Å². The van der Waals surface area contributed by atoms with Crippen molar-refractivity contribution in [1.82, 2.24) is 5.32 Å². The Bertz CT molecular complexity index is 1050. The molecule has 3 rings (SSSR count). The molecule has 10 heteroatoms. The first-order valence-electron chi connectivity index (χ1n) is 9.30. The highest BCUT2D eigenvalue weighted by molar-refractivity contribution is 7.89. The van der Waals surface area contributed by atoms with E-state index in [2.05, 4.69) is 10.6 Å².